The Bertz CT molecular complexity index is 768. The summed E-state index contributed by atoms with van der Waals surface area (Å²) in [5.74, 6) is -2.17. The highest BCUT2D eigenvalue weighted by Gasteiger charge is 2.40. The minimum atomic E-state index is -0.699. The van der Waals surface area contributed by atoms with Gasteiger partial charge in [-0.05, 0) is 31.5 Å². The molecule has 1 unspecified atom stereocenters. The molecule has 0 spiro atoms. The fourth-order valence-electron chi connectivity index (χ4n) is 2.67. The largest absolute Gasteiger partial charge is 0.465 e. The number of thioether (sulfide) groups is 1. The van der Waals surface area contributed by atoms with E-state index in [0.29, 0.717) is 16.3 Å². The maximum absolute atomic E-state index is 12.5. The van der Waals surface area contributed by atoms with Crippen molar-refractivity contribution in [3.63, 3.8) is 0 Å². The first-order valence-corrected chi connectivity index (χ1v) is 8.65. The molecule has 0 aromatic carbocycles. The van der Waals surface area contributed by atoms with Gasteiger partial charge in [0.05, 0.1) is 24.0 Å². The third kappa shape index (κ3) is 4.25. The SMILES string of the molecule is CCOC(=O)C1C(C)=NC(SCC(N)=O)=C(C#N)[C@@H]1c1ccncc1. The fraction of sp³-hybridized carbons (Fsp3) is 0.353. The number of esters is 1. The van der Waals surface area contributed by atoms with Crippen LogP contribution in [-0.2, 0) is 14.3 Å². The van der Waals surface area contributed by atoms with Crippen LogP contribution in [0.3, 0.4) is 0 Å². The molecule has 0 radical (unpaired) electrons. The topological polar surface area (TPSA) is 118 Å². The van der Waals surface area contributed by atoms with E-state index in [2.05, 4.69) is 16.0 Å². The number of nitriles is 1. The molecule has 1 amide bonds. The Labute approximate surface area is 150 Å². The zero-order valence-electron chi connectivity index (χ0n) is 13.9. The van der Waals surface area contributed by atoms with E-state index in [1.54, 1.807) is 38.4 Å². The predicted octanol–water partition coefficient (Wildman–Crippen LogP) is 1.77. The molecule has 2 atom stereocenters. The number of aromatic nitrogens is 1. The van der Waals surface area contributed by atoms with E-state index in [1.165, 1.54) is 0 Å². The number of hydrogen-bond acceptors (Lipinski definition) is 7. The monoisotopic (exact) mass is 358 g/mol. The van der Waals surface area contributed by atoms with Gasteiger partial charge in [0.1, 0.15) is 10.9 Å². The Hall–Kier alpha value is -2.66. The van der Waals surface area contributed by atoms with Crippen molar-refractivity contribution >= 4 is 29.4 Å². The van der Waals surface area contributed by atoms with Gasteiger partial charge in [-0.25, -0.2) is 4.99 Å². The number of nitrogens with zero attached hydrogens (tertiary/aromatic N) is 3. The smallest absolute Gasteiger partial charge is 0.315 e. The molecule has 8 heteroatoms. The molecule has 0 saturated carbocycles. The highest BCUT2D eigenvalue weighted by atomic mass is 32.2. The van der Waals surface area contributed by atoms with Crippen molar-refractivity contribution in [1.29, 1.82) is 5.26 Å². The van der Waals surface area contributed by atoms with Crippen molar-refractivity contribution in [3.05, 3.63) is 40.7 Å². The molecule has 0 bridgehead atoms. The van der Waals surface area contributed by atoms with Crippen LogP contribution in [0.1, 0.15) is 25.3 Å². The summed E-state index contributed by atoms with van der Waals surface area (Å²) in [6.45, 7) is 3.68. The summed E-state index contributed by atoms with van der Waals surface area (Å²) in [6, 6.07) is 5.65. The lowest BCUT2D eigenvalue weighted by molar-refractivity contribution is -0.146. The van der Waals surface area contributed by atoms with Crippen LogP contribution in [0.2, 0.25) is 0 Å². The van der Waals surface area contributed by atoms with Crippen LogP contribution in [-0.4, -0.2) is 34.9 Å². The molecule has 0 saturated heterocycles. The first-order valence-electron chi connectivity index (χ1n) is 7.66. The van der Waals surface area contributed by atoms with Crippen LogP contribution in [0.5, 0.6) is 0 Å². The standard InChI is InChI=1S/C17H18N4O3S/c1-3-24-17(23)14-10(2)21-16(25-9-13(19)22)12(8-18)15(14)11-4-6-20-7-5-11/h4-7,14-15H,3,9H2,1-2H3,(H2,19,22)/t14?,15-/m0/s1. The van der Waals surface area contributed by atoms with Gasteiger partial charge in [0.15, 0.2) is 0 Å². The second kappa shape index (κ2) is 8.44. The van der Waals surface area contributed by atoms with Crippen LogP contribution in [0.25, 0.3) is 0 Å². The Balaban J connectivity index is 2.54. The van der Waals surface area contributed by atoms with Gasteiger partial charge in [0.2, 0.25) is 5.91 Å². The Morgan fingerprint density at radius 2 is 2.08 bits per heavy atom. The van der Waals surface area contributed by atoms with Crippen molar-refractivity contribution in [3.8, 4) is 6.07 Å². The van der Waals surface area contributed by atoms with E-state index in [4.69, 9.17) is 10.5 Å². The van der Waals surface area contributed by atoms with Crippen LogP contribution in [0, 0.1) is 17.2 Å². The van der Waals surface area contributed by atoms with Crippen molar-refractivity contribution in [2.24, 2.45) is 16.6 Å². The zero-order chi connectivity index (χ0) is 18.4. The number of nitrogens with two attached hydrogens (primary N) is 1. The number of pyridine rings is 1. The van der Waals surface area contributed by atoms with E-state index in [0.717, 1.165) is 17.3 Å². The van der Waals surface area contributed by atoms with Crippen molar-refractivity contribution < 1.29 is 14.3 Å². The molecular formula is C17H18N4O3S. The fourth-order valence-corrected chi connectivity index (χ4v) is 3.48. The number of carbonyl (C=O) groups is 2. The molecule has 7 nitrogen and oxygen atoms in total. The summed E-state index contributed by atoms with van der Waals surface area (Å²) in [5.41, 5.74) is 6.81. The van der Waals surface area contributed by atoms with E-state index in [-0.39, 0.29) is 12.4 Å². The maximum Gasteiger partial charge on any atom is 0.315 e. The number of rotatable bonds is 6. The lowest BCUT2D eigenvalue weighted by Crippen LogP contribution is -2.34. The second-order valence-corrected chi connectivity index (χ2v) is 6.29. The number of ether oxygens (including phenoxy) is 1. The normalized spacial score (nSPS) is 19.8. The van der Waals surface area contributed by atoms with Crippen LogP contribution in [0.15, 0.2) is 40.1 Å². The van der Waals surface area contributed by atoms with Gasteiger partial charge in [-0.15, -0.1) is 0 Å². The lowest BCUT2D eigenvalue weighted by Gasteiger charge is -2.30. The van der Waals surface area contributed by atoms with Crippen molar-refractivity contribution in [2.45, 2.75) is 19.8 Å². The summed E-state index contributed by atoms with van der Waals surface area (Å²) in [5, 5.41) is 10.1. The van der Waals surface area contributed by atoms with Gasteiger partial charge >= 0.3 is 5.97 Å². The minimum absolute atomic E-state index is 0.00440. The summed E-state index contributed by atoms with van der Waals surface area (Å²) in [6.07, 6.45) is 3.20. The summed E-state index contributed by atoms with van der Waals surface area (Å²) < 4.78 is 5.18. The van der Waals surface area contributed by atoms with Crippen LogP contribution >= 0.6 is 11.8 Å². The van der Waals surface area contributed by atoms with Gasteiger partial charge < -0.3 is 10.5 Å². The van der Waals surface area contributed by atoms with Gasteiger partial charge in [0, 0.05) is 24.0 Å². The van der Waals surface area contributed by atoms with E-state index >= 15 is 0 Å². The molecule has 1 aromatic heterocycles. The van der Waals surface area contributed by atoms with E-state index < -0.39 is 23.7 Å². The molecule has 2 N–H and O–H groups in total. The first kappa shape index (κ1) is 18.7. The highest BCUT2D eigenvalue weighted by molar-refractivity contribution is 8.03. The number of amides is 1. The zero-order valence-corrected chi connectivity index (χ0v) is 14.7. The molecule has 2 heterocycles. The number of allylic oxidation sites excluding steroid dienone is 1. The van der Waals surface area contributed by atoms with Gasteiger partial charge in [-0.1, -0.05) is 11.8 Å². The lowest BCUT2D eigenvalue weighted by atomic mass is 9.77. The predicted molar refractivity (Wildman–Crippen MR) is 94.5 cm³/mol. The summed E-state index contributed by atoms with van der Waals surface area (Å²) >= 11 is 1.09. The number of carbonyl (C=O) groups excluding carboxylic acids is 2. The average Bonchev–Trinajstić information content (AvgIpc) is 2.60. The van der Waals surface area contributed by atoms with Crippen molar-refractivity contribution in [2.75, 3.05) is 12.4 Å². The Morgan fingerprint density at radius 3 is 2.64 bits per heavy atom. The molecule has 0 aliphatic carbocycles. The molecule has 2 rings (SSSR count). The molecule has 130 valence electrons. The Morgan fingerprint density at radius 1 is 1.40 bits per heavy atom. The minimum Gasteiger partial charge on any atom is -0.465 e. The highest BCUT2D eigenvalue weighted by Crippen LogP contribution is 2.42. The van der Waals surface area contributed by atoms with Crippen LogP contribution in [0.4, 0.5) is 0 Å². The van der Waals surface area contributed by atoms with Crippen LogP contribution < -0.4 is 5.73 Å². The molecular weight excluding hydrogens is 340 g/mol. The molecule has 1 aliphatic heterocycles. The molecule has 1 aromatic rings. The van der Waals surface area contributed by atoms with E-state index in [1.807, 2.05) is 0 Å². The molecule has 1 aliphatic rings. The first-order chi connectivity index (χ1) is 12.0. The number of primary amides is 1. The molecule has 25 heavy (non-hydrogen) atoms. The third-order valence-electron chi connectivity index (χ3n) is 3.68. The number of aliphatic imine (C=N–C) groups is 1. The maximum atomic E-state index is 12.5. The third-order valence-corrected chi connectivity index (χ3v) is 4.69. The second-order valence-electron chi connectivity index (χ2n) is 5.33. The van der Waals surface area contributed by atoms with Gasteiger partial charge in [-0.2, -0.15) is 5.26 Å². The van der Waals surface area contributed by atoms with Gasteiger partial charge in [0.25, 0.3) is 0 Å². The average molecular weight is 358 g/mol. The molecule has 0 fully saturated rings. The van der Waals surface area contributed by atoms with Gasteiger partial charge in [-0.3, -0.25) is 14.6 Å². The van der Waals surface area contributed by atoms with Crippen molar-refractivity contribution in [1.82, 2.24) is 4.98 Å². The number of hydrogen-bond donors (Lipinski definition) is 1. The summed E-state index contributed by atoms with van der Waals surface area (Å²) in [7, 11) is 0. The summed E-state index contributed by atoms with van der Waals surface area (Å²) in [4.78, 5) is 32.0. The Kier molecular flexibility index (Phi) is 6.31. The quantitative estimate of drug-likeness (QED) is 0.774. The van der Waals surface area contributed by atoms with E-state index in [9.17, 15) is 14.9 Å².